The van der Waals surface area contributed by atoms with Gasteiger partial charge in [-0.15, -0.1) is 0 Å². The zero-order valence-electron chi connectivity index (χ0n) is 6.02. The number of phenolic OH excluding ortho intramolecular Hbond substituents is 1. The van der Waals surface area contributed by atoms with E-state index < -0.39 is 11.1 Å². The van der Waals surface area contributed by atoms with Crippen molar-refractivity contribution in [2.45, 2.75) is 4.90 Å². The van der Waals surface area contributed by atoms with E-state index in [1.165, 1.54) is 12.1 Å². The molecule has 0 amide bonds. The van der Waals surface area contributed by atoms with Crippen molar-refractivity contribution in [1.29, 1.82) is 0 Å². The van der Waals surface area contributed by atoms with Crippen LogP contribution in [0.2, 0.25) is 0 Å². The first-order chi connectivity index (χ1) is 5.52. The molecule has 0 aromatic heterocycles. The summed E-state index contributed by atoms with van der Waals surface area (Å²) in [5, 5.41) is 8.96. The highest BCUT2D eigenvalue weighted by molar-refractivity contribution is 7.79. The van der Waals surface area contributed by atoms with Gasteiger partial charge in [-0.2, -0.15) is 0 Å². The Kier molecular flexibility index (Phi) is 2.59. The molecule has 0 aliphatic rings. The molecule has 0 aliphatic carbocycles. The number of hydrogen-bond donors (Lipinski definition) is 2. The maximum atomic E-state index is 10.6. The molecule has 0 aliphatic heterocycles. The topological polar surface area (TPSA) is 57.5 Å². The van der Waals surface area contributed by atoms with Gasteiger partial charge in [0, 0.05) is 0 Å². The van der Waals surface area contributed by atoms with Gasteiger partial charge in [-0.25, -0.2) is 4.21 Å². The van der Waals surface area contributed by atoms with Crippen molar-refractivity contribution in [3.8, 4) is 5.75 Å². The minimum atomic E-state index is -2.22. The molecule has 0 saturated heterocycles. The minimum Gasteiger partial charge on any atom is -0.508 e. The van der Waals surface area contributed by atoms with Crippen molar-refractivity contribution in [3.63, 3.8) is 0 Å². The Labute approximate surface area is 74.9 Å². The molecule has 0 fully saturated rings. The molecular formula is C6H4B2O3S. The van der Waals surface area contributed by atoms with E-state index in [1.54, 1.807) is 0 Å². The maximum Gasteiger partial charge on any atom is 0.185 e. The monoisotopic (exact) mass is 178 g/mol. The predicted molar refractivity (Wildman–Crippen MR) is 47.9 cm³/mol. The SMILES string of the molecule is [B]c1cc(O)cc([B])c1S(=O)O. The molecule has 4 radical (unpaired) electrons. The van der Waals surface area contributed by atoms with Crippen molar-refractivity contribution >= 4 is 37.7 Å². The normalized spacial score (nSPS) is 12.8. The van der Waals surface area contributed by atoms with Crippen LogP contribution in [0.5, 0.6) is 5.75 Å². The molecule has 1 aromatic carbocycles. The lowest BCUT2D eigenvalue weighted by molar-refractivity contribution is 0.476. The van der Waals surface area contributed by atoms with Crippen molar-refractivity contribution in [1.82, 2.24) is 0 Å². The van der Waals surface area contributed by atoms with E-state index in [1.807, 2.05) is 0 Å². The van der Waals surface area contributed by atoms with Gasteiger partial charge >= 0.3 is 0 Å². The summed E-state index contributed by atoms with van der Waals surface area (Å²) in [6.45, 7) is 0. The fraction of sp³-hybridized carbons (Fsp3) is 0. The van der Waals surface area contributed by atoms with Gasteiger partial charge in [0.25, 0.3) is 0 Å². The van der Waals surface area contributed by atoms with E-state index in [0.717, 1.165) is 0 Å². The summed E-state index contributed by atoms with van der Waals surface area (Å²) in [4.78, 5) is -0.0622. The van der Waals surface area contributed by atoms with Crippen molar-refractivity contribution < 1.29 is 13.9 Å². The molecule has 12 heavy (non-hydrogen) atoms. The maximum absolute atomic E-state index is 10.6. The molecule has 0 spiro atoms. The Morgan fingerprint density at radius 2 is 1.67 bits per heavy atom. The fourth-order valence-corrected chi connectivity index (χ4v) is 1.38. The van der Waals surface area contributed by atoms with Gasteiger partial charge in [-0.05, 0) is 12.1 Å². The van der Waals surface area contributed by atoms with Crippen LogP contribution in [0.15, 0.2) is 17.0 Å². The molecule has 0 heterocycles. The summed E-state index contributed by atoms with van der Waals surface area (Å²) in [5.41, 5.74) is 0.0154. The second-order valence-electron chi connectivity index (χ2n) is 2.20. The van der Waals surface area contributed by atoms with E-state index in [2.05, 4.69) is 0 Å². The molecular weight excluding hydrogens is 174 g/mol. The largest absolute Gasteiger partial charge is 0.508 e. The number of hydrogen-bond acceptors (Lipinski definition) is 2. The third kappa shape index (κ3) is 1.70. The fourth-order valence-electron chi connectivity index (χ4n) is 0.860. The highest BCUT2D eigenvalue weighted by Gasteiger charge is 2.08. The Hall–Kier alpha value is -0.740. The van der Waals surface area contributed by atoms with Gasteiger partial charge in [0.15, 0.2) is 11.1 Å². The molecule has 1 atom stereocenters. The number of aromatic hydroxyl groups is 1. The van der Waals surface area contributed by atoms with Crippen LogP contribution < -0.4 is 10.9 Å². The van der Waals surface area contributed by atoms with Crippen molar-refractivity contribution in [2.24, 2.45) is 0 Å². The van der Waals surface area contributed by atoms with Gasteiger partial charge < -0.3 is 9.66 Å². The van der Waals surface area contributed by atoms with E-state index in [9.17, 15) is 4.21 Å². The molecule has 0 saturated carbocycles. The molecule has 58 valence electrons. The predicted octanol–water partition coefficient (Wildman–Crippen LogP) is -1.44. The highest BCUT2D eigenvalue weighted by Crippen LogP contribution is 2.05. The van der Waals surface area contributed by atoms with Gasteiger partial charge in [-0.3, -0.25) is 0 Å². The third-order valence-electron chi connectivity index (χ3n) is 1.31. The summed E-state index contributed by atoms with van der Waals surface area (Å²) >= 11 is -2.22. The van der Waals surface area contributed by atoms with Gasteiger partial charge in [0.05, 0.1) is 4.90 Å². The van der Waals surface area contributed by atoms with Crippen molar-refractivity contribution in [2.75, 3.05) is 0 Å². The van der Waals surface area contributed by atoms with E-state index in [4.69, 9.17) is 25.4 Å². The van der Waals surface area contributed by atoms with E-state index in [-0.39, 0.29) is 21.6 Å². The standard InChI is InChI=1S/C6H4B2O3S/c7-4-1-3(9)2-5(8)6(4)12(10)11/h1-2,9H,(H,10,11). The average molecular weight is 178 g/mol. The first-order valence-corrected chi connectivity index (χ1v) is 4.12. The lowest BCUT2D eigenvalue weighted by Crippen LogP contribution is -2.23. The average Bonchev–Trinajstić information content (AvgIpc) is 1.82. The molecule has 2 N–H and O–H groups in total. The van der Waals surface area contributed by atoms with Gasteiger partial charge in [0.2, 0.25) is 0 Å². The van der Waals surface area contributed by atoms with Crippen LogP contribution in [-0.2, 0) is 11.1 Å². The van der Waals surface area contributed by atoms with E-state index in [0.29, 0.717) is 0 Å². The Bertz CT molecular complexity index is 317. The smallest absolute Gasteiger partial charge is 0.185 e. The quantitative estimate of drug-likeness (QED) is 0.408. The molecule has 1 unspecified atom stereocenters. The first-order valence-electron chi connectivity index (χ1n) is 3.01. The lowest BCUT2D eigenvalue weighted by atomic mass is 9.87. The van der Waals surface area contributed by atoms with Crippen LogP contribution in [-0.4, -0.2) is 29.6 Å². The zero-order chi connectivity index (χ0) is 9.30. The molecule has 3 nitrogen and oxygen atoms in total. The van der Waals surface area contributed by atoms with Gasteiger partial charge in [-0.1, -0.05) is 10.9 Å². The lowest BCUT2D eigenvalue weighted by Gasteiger charge is -2.06. The molecule has 1 aromatic rings. The van der Waals surface area contributed by atoms with Crippen LogP contribution >= 0.6 is 0 Å². The second-order valence-corrected chi connectivity index (χ2v) is 3.11. The van der Waals surface area contributed by atoms with Crippen LogP contribution in [0.3, 0.4) is 0 Å². The molecule has 1 rings (SSSR count). The summed E-state index contributed by atoms with van der Waals surface area (Å²) in [5.74, 6) is -0.126. The first kappa shape index (κ1) is 9.35. The summed E-state index contributed by atoms with van der Waals surface area (Å²) in [7, 11) is 10.7. The molecule has 0 bridgehead atoms. The Morgan fingerprint density at radius 3 is 2.00 bits per heavy atom. The minimum absolute atomic E-state index is 0.00772. The van der Waals surface area contributed by atoms with Crippen LogP contribution in [0, 0.1) is 0 Å². The Balaban J connectivity index is 3.38. The highest BCUT2D eigenvalue weighted by atomic mass is 32.2. The van der Waals surface area contributed by atoms with E-state index >= 15 is 0 Å². The summed E-state index contributed by atoms with van der Waals surface area (Å²) in [6, 6.07) is 2.33. The molecule has 6 heteroatoms. The third-order valence-corrected chi connectivity index (χ3v) is 2.13. The van der Waals surface area contributed by atoms with Crippen molar-refractivity contribution in [3.05, 3.63) is 12.1 Å². The number of phenols is 1. The van der Waals surface area contributed by atoms with Gasteiger partial charge in [0.1, 0.15) is 21.4 Å². The van der Waals surface area contributed by atoms with Crippen LogP contribution in [0.25, 0.3) is 0 Å². The summed E-state index contributed by atoms with van der Waals surface area (Å²) < 4.78 is 19.3. The van der Waals surface area contributed by atoms with Crippen LogP contribution in [0.1, 0.15) is 0 Å². The number of benzene rings is 1. The zero-order valence-corrected chi connectivity index (χ0v) is 6.84. The van der Waals surface area contributed by atoms with Crippen LogP contribution in [0.4, 0.5) is 0 Å². The number of rotatable bonds is 1. The Morgan fingerprint density at radius 1 is 1.25 bits per heavy atom. The summed E-state index contributed by atoms with van der Waals surface area (Å²) in [6.07, 6.45) is 0. The second kappa shape index (κ2) is 3.33.